The summed E-state index contributed by atoms with van der Waals surface area (Å²) in [6.45, 7) is -0.183. The van der Waals surface area contributed by atoms with Gasteiger partial charge in [-0.05, 0) is 6.42 Å². The van der Waals surface area contributed by atoms with E-state index in [0.717, 1.165) is 0 Å². The minimum Gasteiger partial charge on any atom is -0.387 e. The molecule has 0 unspecified atom stereocenters. The number of phosphoric acid groups is 1. The number of hydrogen-bond donors (Lipinski definition) is 6. The third-order valence-corrected chi connectivity index (χ3v) is 4.73. The number of aliphatic hydroxyl groups excluding tert-OH is 2. The number of aliphatic hydroxyl groups is 2. The number of unbranched alkanes of at least 4 members (excludes halogenated alkanes) is 1. The van der Waals surface area contributed by atoms with Crippen LogP contribution in [0.1, 0.15) is 19.1 Å². The van der Waals surface area contributed by atoms with E-state index in [0.29, 0.717) is 19.4 Å². The summed E-state index contributed by atoms with van der Waals surface area (Å²) < 4.78 is 21.9. The van der Waals surface area contributed by atoms with E-state index in [-0.39, 0.29) is 17.1 Å². The summed E-state index contributed by atoms with van der Waals surface area (Å²) in [6.07, 6.45) is 2.22. The average Bonchev–Trinajstić information content (AvgIpc) is 3.19. The van der Waals surface area contributed by atoms with Crippen molar-refractivity contribution in [3.8, 4) is 12.3 Å². The zero-order valence-corrected chi connectivity index (χ0v) is 15.9. The van der Waals surface area contributed by atoms with Crippen molar-refractivity contribution in [3.05, 3.63) is 16.7 Å². The Labute approximate surface area is 163 Å². The van der Waals surface area contributed by atoms with Gasteiger partial charge in [-0.1, -0.05) is 0 Å². The second kappa shape index (κ2) is 8.60. The monoisotopic (exact) mass is 429 g/mol. The first-order valence-electron chi connectivity index (χ1n) is 8.57. The SMILES string of the molecule is C#CCCCNc1nc2c(ncn2[C@@H]2O[C@H](COP(=O)(O)O)[C@@H](O)[C@H]2O)c(=O)[nH]1. The Kier molecular flexibility index (Phi) is 6.35. The van der Waals surface area contributed by atoms with Crippen LogP contribution in [-0.2, 0) is 13.8 Å². The first-order chi connectivity index (χ1) is 13.7. The van der Waals surface area contributed by atoms with Crippen molar-refractivity contribution in [1.29, 1.82) is 0 Å². The molecule has 0 amide bonds. The Morgan fingerprint density at radius 1 is 1.41 bits per heavy atom. The Morgan fingerprint density at radius 3 is 2.86 bits per heavy atom. The van der Waals surface area contributed by atoms with Crippen molar-refractivity contribution >= 4 is 24.9 Å². The molecule has 13 nitrogen and oxygen atoms in total. The Bertz CT molecular complexity index is 1010. The lowest BCUT2D eigenvalue weighted by Gasteiger charge is -2.16. The fourth-order valence-electron chi connectivity index (χ4n) is 2.86. The van der Waals surface area contributed by atoms with Crippen LogP contribution in [0.5, 0.6) is 0 Å². The molecule has 3 rings (SSSR count). The van der Waals surface area contributed by atoms with Gasteiger partial charge in [0, 0.05) is 13.0 Å². The molecular weight excluding hydrogens is 409 g/mol. The van der Waals surface area contributed by atoms with Crippen LogP contribution in [0, 0.1) is 12.3 Å². The molecule has 0 aromatic carbocycles. The first-order valence-corrected chi connectivity index (χ1v) is 10.1. The third-order valence-electron chi connectivity index (χ3n) is 4.24. The number of nitrogens with zero attached hydrogens (tertiary/aromatic N) is 3. The number of hydrogen-bond acceptors (Lipinski definition) is 9. The lowest BCUT2D eigenvalue weighted by atomic mass is 10.1. The number of phosphoric ester groups is 1. The van der Waals surface area contributed by atoms with Crippen molar-refractivity contribution in [2.75, 3.05) is 18.5 Å². The molecule has 0 spiro atoms. The Balaban J connectivity index is 1.83. The number of terminal acetylenes is 1. The van der Waals surface area contributed by atoms with Crippen molar-refractivity contribution in [2.45, 2.75) is 37.4 Å². The van der Waals surface area contributed by atoms with Crippen LogP contribution in [0.4, 0.5) is 5.95 Å². The van der Waals surface area contributed by atoms with Gasteiger partial charge in [0.1, 0.15) is 18.3 Å². The molecule has 158 valence electrons. The van der Waals surface area contributed by atoms with Gasteiger partial charge in [0.15, 0.2) is 17.4 Å². The summed E-state index contributed by atoms with van der Waals surface area (Å²) in [5.74, 6) is 2.66. The van der Waals surface area contributed by atoms with Crippen LogP contribution in [-0.4, -0.2) is 71.0 Å². The number of fused-ring (bicyclic) bond motifs is 1. The van der Waals surface area contributed by atoms with E-state index in [9.17, 15) is 19.6 Å². The van der Waals surface area contributed by atoms with Crippen LogP contribution in [0.3, 0.4) is 0 Å². The number of ether oxygens (including phenoxy) is 1. The van der Waals surface area contributed by atoms with Gasteiger partial charge < -0.3 is 30.1 Å². The van der Waals surface area contributed by atoms with Crippen molar-refractivity contribution in [1.82, 2.24) is 19.5 Å². The number of nitrogens with one attached hydrogen (secondary N) is 2. The summed E-state index contributed by atoms with van der Waals surface area (Å²) in [5, 5.41) is 23.3. The molecule has 0 aliphatic carbocycles. The third kappa shape index (κ3) is 4.82. The summed E-state index contributed by atoms with van der Waals surface area (Å²) in [5.41, 5.74) is -0.456. The van der Waals surface area contributed by atoms with Gasteiger partial charge >= 0.3 is 7.82 Å². The minimum absolute atomic E-state index is 0.0145. The van der Waals surface area contributed by atoms with E-state index < -0.39 is 44.5 Å². The number of anilines is 1. The summed E-state index contributed by atoms with van der Waals surface area (Å²) in [4.78, 5) is 40.6. The highest BCUT2D eigenvalue weighted by Gasteiger charge is 2.45. The Hall–Kier alpha value is -2.30. The maximum Gasteiger partial charge on any atom is 0.469 e. The number of aromatic amines is 1. The topological polar surface area (TPSA) is 192 Å². The lowest BCUT2D eigenvalue weighted by molar-refractivity contribution is -0.0503. The molecule has 0 radical (unpaired) electrons. The van der Waals surface area contributed by atoms with Gasteiger partial charge in [0.2, 0.25) is 5.95 Å². The van der Waals surface area contributed by atoms with Gasteiger partial charge in [-0.25, -0.2) is 9.55 Å². The highest BCUT2D eigenvalue weighted by Crippen LogP contribution is 2.38. The van der Waals surface area contributed by atoms with E-state index in [1.165, 1.54) is 10.9 Å². The van der Waals surface area contributed by atoms with E-state index >= 15 is 0 Å². The van der Waals surface area contributed by atoms with Crippen LogP contribution in [0.15, 0.2) is 11.1 Å². The summed E-state index contributed by atoms with van der Waals surface area (Å²) in [6, 6.07) is 0. The molecule has 6 N–H and O–H groups in total. The second-order valence-electron chi connectivity index (χ2n) is 6.31. The van der Waals surface area contributed by atoms with Gasteiger partial charge in [-0.3, -0.25) is 18.9 Å². The summed E-state index contributed by atoms with van der Waals surface area (Å²) >= 11 is 0. The molecule has 1 saturated heterocycles. The zero-order valence-electron chi connectivity index (χ0n) is 15.0. The van der Waals surface area contributed by atoms with Crippen molar-refractivity contribution in [3.63, 3.8) is 0 Å². The largest absolute Gasteiger partial charge is 0.469 e. The molecule has 1 aliphatic rings. The molecule has 2 aromatic rings. The number of imidazole rings is 1. The maximum absolute atomic E-state index is 12.2. The molecule has 4 atom stereocenters. The highest BCUT2D eigenvalue weighted by atomic mass is 31.2. The van der Waals surface area contributed by atoms with Crippen LogP contribution in [0.2, 0.25) is 0 Å². The normalized spacial score (nSPS) is 24.7. The summed E-state index contributed by atoms with van der Waals surface area (Å²) in [7, 11) is -4.78. The standard InChI is InChI=1S/C15H20N5O8P/c1-2-3-4-5-16-15-18-12-9(13(23)19-15)17-7-20(12)14-11(22)10(21)8(28-14)6-27-29(24,25)26/h1,7-8,10-11,14,21-22H,3-6H2,(H2,24,25,26)(H2,16,18,19,23)/t8-,10-,11-,14-/m1/s1. The maximum atomic E-state index is 12.2. The molecule has 2 aromatic heterocycles. The number of rotatable bonds is 8. The van der Waals surface area contributed by atoms with Crippen LogP contribution in [0.25, 0.3) is 11.2 Å². The Morgan fingerprint density at radius 2 is 2.17 bits per heavy atom. The predicted octanol–water partition coefficient (Wildman–Crippen LogP) is -1.33. The second-order valence-corrected chi connectivity index (χ2v) is 7.55. The van der Waals surface area contributed by atoms with Gasteiger partial charge in [-0.2, -0.15) is 4.98 Å². The molecule has 3 heterocycles. The highest BCUT2D eigenvalue weighted by molar-refractivity contribution is 7.46. The molecule has 0 saturated carbocycles. The van der Waals surface area contributed by atoms with Gasteiger partial charge in [-0.15, -0.1) is 12.3 Å². The van der Waals surface area contributed by atoms with Crippen molar-refractivity contribution < 1.29 is 33.8 Å². The fraction of sp³-hybridized carbons (Fsp3) is 0.533. The van der Waals surface area contributed by atoms with E-state index in [1.807, 2.05) is 0 Å². The molecule has 1 fully saturated rings. The molecule has 0 bridgehead atoms. The minimum atomic E-state index is -4.78. The molecule has 14 heteroatoms. The predicted molar refractivity (Wildman–Crippen MR) is 98.6 cm³/mol. The fourth-order valence-corrected chi connectivity index (χ4v) is 3.20. The van der Waals surface area contributed by atoms with Crippen LogP contribution < -0.4 is 10.9 Å². The van der Waals surface area contributed by atoms with E-state index in [4.69, 9.17) is 20.9 Å². The van der Waals surface area contributed by atoms with E-state index in [1.54, 1.807) is 0 Å². The van der Waals surface area contributed by atoms with Crippen LogP contribution >= 0.6 is 7.82 Å². The van der Waals surface area contributed by atoms with Gasteiger partial charge in [0.25, 0.3) is 5.56 Å². The molecular formula is C15H20N5O8P. The van der Waals surface area contributed by atoms with Crippen molar-refractivity contribution in [2.24, 2.45) is 0 Å². The quantitative estimate of drug-likeness (QED) is 0.165. The molecule has 1 aliphatic heterocycles. The van der Waals surface area contributed by atoms with Gasteiger partial charge in [0.05, 0.1) is 12.9 Å². The lowest BCUT2D eigenvalue weighted by Crippen LogP contribution is -2.33. The first kappa shape index (κ1) is 21.4. The van der Waals surface area contributed by atoms with E-state index in [2.05, 4.69) is 30.7 Å². The zero-order chi connectivity index (χ0) is 21.2. The number of H-pyrrole nitrogens is 1. The molecule has 29 heavy (non-hydrogen) atoms. The smallest absolute Gasteiger partial charge is 0.387 e. The number of aromatic nitrogens is 4. The average molecular weight is 429 g/mol.